The number of imidazole rings is 1. The highest BCUT2D eigenvalue weighted by molar-refractivity contribution is 5.96. The van der Waals surface area contributed by atoms with Crippen LogP contribution in [0.15, 0.2) is 35.1 Å². The Morgan fingerprint density at radius 3 is 2.74 bits per heavy atom. The van der Waals surface area contributed by atoms with Gasteiger partial charge in [-0.05, 0) is 31.5 Å². The number of hydrogen-bond acceptors (Lipinski definition) is 6. The number of amides is 1. The van der Waals surface area contributed by atoms with Gasteiger partial charge in [-0.2, -0.15) is 0 Å². The maximum Gasteiger partial charge on any atom is 0.260 e. The van der Waals surface area contributed by atoms with Gasteiger partial charge in [0.15, 0.2) is 11.5 Å². The largest absolute Gasteiger partial charge is 0.454 e. The van der Waals surface area contributed by atoms with E-state index in [4.69, 9.17) is 14.0 Å². The van der Waals surface area contributed by atoms with Gasteiger partial charge < -0.3 is 23.5 Å². The molecule has 0 unspecified atom stereocenters. The smallest absolute Gasteiger partial charge is 0.260 e. The van der Waals surface area contributed by atoms with E-state index in [1.54, 1.807) is 24.9 Å². The highest BCUT2D eigenvalue weighted by atomic mass is 16.7. The molecule has 1 aliphatic heterocycles. The third-order valence-electron chi connectivity index (χ3n) is 4.60. The first-order valence-corrected chi connectivity index (χ1v) is 8.60. The fourth-order valence-corrected chi connectivity index (χ4v) is 3.13. The number of fused-ring (bicyclic) bond motifs is 1. The third-order valence-corrected chi connectivity index (χ3v) is 4.60. The van der Waals surface area contributed by atoms with Crippen LogP contribution in [0.3, 0.4) is 0 Å². The maximum atomic E-state index is 13.3. The summed E-state index contributed by atoms with van der Waals surface area (Å²) in [5.41, 5.74) is 2.01. The number of carbonyl (C=O) groups excluding carboxylic acids is 1. The van der Waals surface area contributed by atoms with Crippen molar-refractivity contribution in [2.24, 2.45) is 7.05 Å². The van der Waals surface area contributed by atoms with Crippen molar-refractivity contribution in [3.63, 3.8) is 0 Å². The minimum atomic E-state index is -0.146. The normalized spacial score (nSPS) is 12.4. The van der Waals surface area contributed by atoms with Crippen LogP contribution in [0.5, 0.6) is 11.5 Å². The van der Waals surface area contributed by atoms with Crippen molar-refractivity contribution < 1.29 is 18.8 Å². The molecule has 140 valence electrons. The molecule has 3 aromatic rings. The lowest BCUT2D eigenvalue weighted by Gasteiger charge is -2.22. The van der Waals surface area contributed by atoms with Crippen molar-refractivity contribution in [3.05, 3.63) is 59.0 Å². The van der Waals surface area contributed by atoms with Crippen molar-refractivity contribution >= 4 is 5.91 Å². The van der Waals surface area contributed by atoms with Gasteiger partial charge in [0.05, 0.1) is 12.2 Å². The summed E-state index contributed by atoms with van der Waals surface area (Å²) in [6.07, 6.45) is 3.57. The van der Waals surface area contributed by atoms with E-state index in [-0.39, 0.29) is 12.7 Å². The number of benzene rings is 1. The van der Waals surface area contributed by atoms with E-state index >= 15 is 0 Å². The van der Waals surface area contributed by atoms with Crippen LogP contribution in [0.2, 0.25) is 0 Å². The highest BCUT2D eigenvalue weighted by Gasteiger charge is 2.25. The molecule has 0 radical (unpaired) electrons. The molecule has 4 rings (SSSR count). The number of hydrogen-bond donors (Lipinski definition) is 0. The second kappa shape index (κ2) is 6.79. The molecule has 0 bridgehead atoms. The van der Waals surface area contributed by atoms with Gasteiger partial charge in [-0.25, -0.2) is 4.98 Å². The standard InChI is InChI=1S/C19H20N4O4/c1-12-18(13(2)27-21-12)19(24)23(10-17-20-6-7-22(17)3)9-14-4-5-15-16(8-14)26-11-25-15/h4-8H,9-11H2,1-3H3. The lowest BCUT2D eigenvalue weighted by Crippen LogP contribution is -2.31. The van der Waals surface area contributed by atoms with E-state index in [1.807, 2.05) is 36.0 Å². The highest BCUT2D eigenvalue weighted by Crippen LogP contribution is 2.33. The molecule has 2 aromatic heterocycles. The molecule has 0 saturated carbocycles. The molecule has 8 nitrogen and oxygen atoms in total. The summed E-state index contributed by atoms with van der Waals surface area (Å²) < 4.78 is 17.9. The molecular weight excluding hydrogens is 348 g/mol. The number of rotatable bonds is 5. The van der Waals surface area contributed by atoms with Gasteiger partial charge in [-0.15, -0.1) is 0 Å². The lowest BCUT2D eigenvalue weighted by atomic mass is 10.1. The summed E-state index contributed by atoms with van der Waals surface area (Å²) in [5.74, 6) is 2.55. The first kappa shape index (κ1) is 17.1. The summed E-state index contributed by atoms with van der Waals surface area (Å²) in [5, 5.41) is 3.91. The van der Waals surface area contributed by atoms with Gasteiger partial charge in [0.2, 0.25) is 6.79 Å². The number of nitrogens with zero attached hydrogens (tertiary/aromatic N) is 4. The average Bonchev–Trinajstić information content (AvgIpc) is 3.35. The molecule has 0 spiro atoms. The van der Waals surface area contributed by atoms with Crippen molar-refractivity contribution in [1.82, 2.24) is 19.6 Å². The molecular formula is C19H20N4O4. The molecule has 27 heavy (non-hydrogen) atoms. The van der Waals surface area contributed by atoms with E-state index in [0.717, 1.165) is 11.4 Å². The van der Waals surface area contributed by atoms with Gasteiger partial charge in [0, 0.05) is 26.0 Å². The van der Waals surface area contributed by atoms with Gasteiger partial charge in [0.25, 0.3) is 5.91 Å². The van der Waals surface area contributed by atoms with E-state index in [9.17, 15) is 4.79 Å². The van der Waals surface area contributed by atoms with Crippen LogP contribution in [0.1, 0.15) is 33.2 Å². The Kier molecular flexibility index (Phi) is 4.31. The fourth-order valence-electron chi connectivity index (χ4n) is 3.13. The van der Waals surface area contributed by atoms with Crippen LogP contribution in [0.4, 0.5) is 0 Å². The maximum absolute atomic E-state index is 13.3. The zero-order valence-corrected chi connectivity index (χ0v) is 15.4. The monoisotopic (exact) mass is 368 g/mol. The summed E-state index contributed by atoms with van der Waals surface area (Å²) in [4.78, 5) is 19.3. The van der Waals surface area contributed by atoms with Crippen molar-refractivity contribution in [3.8, 4) is 11.5 Å². The van der Waals surface area contributed by atoms with E-state index in [0.29, 0.717) is 41.6 Å². The molecule has 8 heteroatoms. The number of carbonyl (C=O) groups is 1. The molecule has 0 saturated heterocycles. The topological polar surface area (TPSA) is 82.6 Å². The molecule has 0 fully saturated rings. The molecule has 1 aromatic carbocycles. The van der Waals surface area contributed by atoms with Crippen LogP contribution in [-0.2, 0) is 20.1 Å². The fraction of sp³-hybridized carbons (Fsp3) is 0.316. The molecule has 1 amide bonds. The Hall–Kier alpha value is -3.29. The Bertz CT molecular complexity index is 972. The quantitative estimate of drug-likeness (QED) is 0.688. The number of ether oxygens (including phenoxy) is 2. The Morgan fingerprint density at radius 1 is 1.22 bits per heavy atom. The molecule has 0 aliphatic carbocycles. The van der Waals surface area contributed by atoms with E-state index < -0.39 is 0 Å². The van der Waals surface area contributed by atoms with Crippen LogP contribution in [-0.4, -0.2) is 32.3 Å². The van der Waals surface area contributed by atoms with Crippen LogP contribution in [0.25, 0.3) is 0 Å². The third kappa shape index (κ3) is 3.25. The van der Waals surface area contributed by atoms with Gasteiger partial charge in [0.1, 0.15) is 17.1 Å². The number of aryl methyl sites for hydroxylation is 3. The van der Waals surface area contributed by atoms with Crippen molar-refractivity contribution in [2.75, 3.05) is 6.79 Å². The summed E-state index contributed by atoms with van der Waals surface area (Å²) >= 11 is 0. The Labute approximate surface area is 156 Å². The molecule has 3 heterocycles. The predicted molar refractivity (Wildman–Crippen MR) is 95.3 cm³/mol. The van der Waals surface area contributed by atoms with Gasteiger partial charge >= 0.3 is 0 Å². The SMILES string of the molecule is Cc1noc(C)c1C(=O)N(Cc1ccc2c(c1)OCO2)Cc1nccn1C. The van der Waals surface area contributed by atoms with Crippen LogP contribution < -0.4 is 9.47 Å². The Balaban J connectivity index is 1.65. The lowest BCUT2D eigenvalue weighted by molar-refractivity contribution is 0.0721. The molecule has 0 N–H and O–H groups in total. The van der Waals surface area contributed by atoms with Crippen LogP contribution in [0, 0.1) is 13.8 Å². The molecule has 0 atom stereocenters. The number of aromatic nitrogens is 3. The van der Waals surface area contributed by atoms with E-state index in [1.165, 1.54) is 0 Å². The van der Waals surface area contributed by atoms with Gasteiger partial charge in [-0.1, -0.05) is 11.2 Å². The first-order valence-electron chi connectivity index (χ1n) is 8.60. The predicted octanol–water partition coefficient (Wildman–Crippen LogP) is 2.60. The average molecular weight is 368 g/mol. The molecule has 1 aliphatic rings. The minimum absolute atomic E-state index is 0.146. The van der Waals surface area contributed by atoms with E-state index in [2.05, 4.69) is 10.1 Å². The zero-order chi connectivity index (χ0) is 19.0. The zero-order valence-electron chi connectivity index (χ0n) is 15.4. The summed E-state index contributed by atoms with van der Waals surface area (Å²) in [7, 11) is 1.90. The minimum Gasteiger partial charge on any atom is -0.454 e. The van der Waals surface area contributed by atoms with Crippen LogP contribution >= 0.6 is 0 Å². The van der Waals surface area contributed by atoms with Crippen molar-refractivity contribution in [2.45, 2.75) is 26.9 Å². The van der Waals surface area contributed by atoms with Crippen molar-refractivity contribution in [1.29, 1.82) is 0 Å². The summed E-state index contributed by atoms with van der Waals surface area (Å²) in [6, 6.07) is 5.69. The second-order valence-electron chi connectivity index (χ2n) is 6.50. The van der Waals surface area contributed by atoms with Gasteiger partial charge in [-0.3, -0.25) is 4.79 Å². The summed E-state index contributed by atoms with van der Waals surface area (Å²) in [6.45, 7) is 4.48. The first-order chi connectivity index (χ1) is 13.0. The Morgan fingerprint density at radius 2 is 2.04 bits per heavy atom. The second-order valence-corrected chi connectivity index (χ2v) is 6.50.